The Morgan fingerprint density at radius 2 is 1.93 bits per heavy atom. The predicted molar refractivity (Wildman–Crippen MR) is 157 cm³/mol. The number of halogens is 3. The van der Waals surface area contributed by atoms with Gasteiger partial charge in [-0.15, -0.1) is 0 Å². The lowest BCUT2D eigenvalue weighted by Crippen LogP contribution is -2.30. The molecule has 1 amide bonds. The molecule has 3 atom stereocenters. The van der Waals surface area contributed by atoms with Crippen LogP contribution in [-0.4, -0.2) is 42.9 Å². The van der Waals surface area contributed by atoms with E-state index in [9.17, 15) is 27.9 Å². The highest BCUT2D eigenvalue weighted by atomic mass is 19.4. The molecular formula is C31H33F3N6O4. The van der Waals surface area contributed by atoms with Crippen molar-refractivity contribution in [1.29, 1.82) is 0 Å². The van der Waals surface area contributed by atoms with E-state index >= 15 is 0 Å². The van der Waals surface area contributed by atoms with Crippen molar-refractivity contribution < 1.29 is 32.6 Å². The van der Waals surface area contributed by atoms with Gasteiger partial charge in [-0.05, 0) is 68.9 Å². The fourth-order valence-corrected chi connectivity index (χ4v) is 6.07. The topological polar surface area (TPSA) is 145 Å². The lowest BCUT2D eigenvalue weighted by atomic mass is 9.72. The quantitative estimate of drug-likeness (QED) is 0.197. The van der Waals surface area contributed by atoms with Gasteiger partial charge in [-0.1, -0.05) is 13.3 Å². The molecule has 0 spiro atoms. The molecule has 3 aromatic heterocycles. The maximum atomic E-state index is 13.1. The molecule has 3 heterocycles. The molecule has 0 unspecified atom stereocenters. The number of alkyl halides is 3. The molecular weight excluding hydrogens is 577 g/mol. The molecule has 4 N–H and O–H groups in total. The van der Waals surface area contributed by atoms with E-state index < -0.39 is 29.5 Å². The molecule has 13 heteroatoms. The predicted octanol–water partition coefficient (Wildman–Crippen LogP) is 6.43. The zero-order chi connectivity index (χ0) is 31.6. The molecule has 5 rings (SSSR count). The number of nitrogens with one attached hydrogen (secondary N) is 1. The maximum Gasteiger partial charge on any atom is 0.416 e. The van der Waals surface area contributed by atoms with Gasteiger partial charge >= 0.3 is 12.1 Å². The number of anilines is 2. The van der Waals surface area contributed by atoms with Crippen molar-refractivity contribution in [3.8, 4) is 17.0 Å². The number of nitrogen functional groups attached to an aromatic ring is 1. The molecule has 1 fully saturated rings. The first-order valence-electron chi connectivity index (χ1n) is 14.5. The van der Waals surface area contributed by atoms with Crippen molar-refractivity contribution in [3.63, 3.8) is 0 Å². The zero-order valence-corrected chi connectivity index (χ0v) is 24.3. The Labute approximate surface area is 251 Å². The fourth-order valence-electron chi connectivity index (χ4n) is 6.07. The van der Waals surface area contributed by atoms with Crippen LogP contribution in [-0.2, 0) is 11.0 Å². The van der Waals surface area contributed by atoms with Crippen LogP contribution < -0.4 is 15.8 Å². The number of aliphatic carboxylic acids is 1. The Morgan fingerprint density at radius 3 is 2.64 bits per heavy atom. The summed E-state index contributed by atoms with van der Waals surface area (Å²) in [5.41, 5.74) is 7.17. The highest BCUT2D eigenvalue weighted by Gasteiger charge is 2.37. The van der Waals surface area contributed by atoms with Gasteiger partial charge in [0.25, 0.3) is 5.91 Å². The summed E-state index contributed by atoms with van der Waals surface area (Å²) in [6.45, 7) is 4.09. The number of nitrogens with zero attached hydrogens (tertiary/aromatic N) is 4. The molecule has 0 aliphatic heterocycles. The highest BCUT2D eigenvalue weighted by molar-refractivity contribution is 6.04. The molecule has 1 aliphatic rings. The zero-order valence-electron chi connectivity index (χ0n) is 24.3. The summed E-state index contributed by atoms with van der Waals surface area (Å²) in [6, 6.07) is 6.25. The fraction of sp³-hybridized carbons (Fsp3) is 0.387. The standard InChI is InChI=1S/C31H33F3N6O4/c1-3-5-17-14-18(6-8-21(17)30(42)43)28-39-25(26-27(35)37-12-13-40(26)28)22-9-7-19(15-23(22)44-4-2)29(41)38-24-16-20(10-11-36-24)31(32,33)34/h7,9-13,15-18,21H,3-6,8,14H2,1-2H3,(H2,35,37)(H,42,43)(H,36,38,41)/t17-,18-,21-/m1/s1. The Kier molecular flexibility index (Phi) is 8.75. The number of hydrogen-bond donors (Lipinski definition) is 3. The first-order chi connectivity index (χ1) is 21.0. The van der Waals surface area contributed by atoms with E-state index in [1.807, 2.05) is 11.3 Å². The van der Waals surface area contributed by atoms with Crippen LogP contribution in [0.2, 0.25) is 0 Å². The Balaban J connectivity index is 1.51. The van der Waals surface area contributed by atoms with Crippen molar-refractivity contribution in [1.82, 2.24) is 19.4 Å². The number of amides is 1. The number of carboxylic acid groups (broad SMARTS) is 1. The third kappa shape index (κ3) is 6.17. The lowest BCUT2D eigenvalue weighted by molar-refractivity contribution is -0.145. The number of hydrogen-bond acceptors (Lipinski definition) is 7. The third-order valence-electron chi connectivity index (χ3n) is 8.06. The van der Waals surface area contributed by atoms with Gasteiger partial charge in [-0.3, -0.25) is 14.0 Å². The smallest absolute Gasteiger partial charge is 0.416 e. The minimum absolute atomic E-state index is 0.00856. The van der Waals surface area contributed by atoms with Gasteiger partial charge in [0.15, 0.2) is 0 Å². The van der Waals surface area contributed by atoms with Crippen LogP contribution in [0, 0.1) is 11.8 Å². The van der Waals surface area contributed by atoms with Crippen LogP contribution in [0.25, 0.3) is 16.8 Å². The van der Waals surface area contributed by atoms with Crippen molar-refractivity contribution in [2.75, 3.05) is 17.7 Å². The van der Waals surface area contributed by atoms with Gasteiger partial charge < -0.3 is 20.9 Å². The number of fused-ring (bicyclic) bond motifs is 1. The van der Waals surface area contributed by atoms with Gasteiger partial charge in [-0.2, -0.15) is 13.2 Å². The number of aromatic nitrogens is 4. The molecule has 232 valence electrons. The van der Waals surface area contributed by atoms with Crippen molar-refractivity contribution >= 4 is 29.0 Å². The number of carboxylic acids is 1. The number of rotatable bonds is 9. The van der Waals surface area contributed by atoms with Gasteiger partial charge in [0, 0.05) is 35.6 Å². The van der Waals surface area contributed by atoms with Crippen LogP contribution in [0.5, 0.6) is 5.75 Å². The van der Waals surface area contributed by atoms with E-state index in [-0.39, 0.29) is 35.6 Å². The van der Waals surface area contributed by atoms with Crippen LogP contribution in [0.15, 0.2) is 48.9 Å². The second kappa shape index (κ2) is 12.5. The SMILES string of the molecule is CCC[C@@H]1C[C@H](c2nc(-c3ccc(C(=O)Nc4cc(C(F)(F)F)ccn4)cc3OCC)c3c(N)nccn23)CC[C@H]1C(=O)O. The second-order valence-corrected chi connectivity index (χ2v) is 10.9. The lowest BCUT2D eigenvalue weighted by Gasteiger charge is -2.33. The number of imidazole rings is 1. The second-order valence-electron chi connectivity index (χ2n) is 10.9. The average Bonchev–Trinajstić information content (AvgIpc) is 3.38. The summed E-state index contributed by atoms with van der Waals surface area (Å²) >= 11 is 0. The minimum Gasteiger partial charge on any atom is -0.493 e. The number of pyridine rings is 1. The molecule has 0 saturated heterocycles. The molecule has 0 radical (unpaired) electrons. The summed E-state index contributed by atoms with van der Waals surface area (Å²) in [7, 11) is 0. The molecule has 1 aromatic carbocycles. The van der Waals surface area contributed by atoms with Crippen LogP contribution >= 0.6 is 0 Å². The molecule has 1 aliphatic carbocycles. The summed E-state index contributed by atoms with van der Waals surface area (Å²) < 4.78 is 47.2. The highest BCUT2D eigenvalue weighted by Crippen LogP contribution is 2.44. The molecule has 44 heavy (non-hydrogen) atoms. The van der Waals surface area contributed by atoms with E-state index in [0.717, 1.165) is 37.0 Å². The number of ether oxygens (including phenoxy) is 1. The molecule has 1 saturated carbocycles. The van der Waals surface area contributed by atoms with Gasteiger partial charge in [0.2, 0.25) is 0 Å². The number of carbonyl (C=O) groups is 2. The number of carbonyl (C=O) groups excluding carboxylic acids is 1. The summed E-state index contributed by atoms with van der Waals surface area (Å²) in [4.78, 5) is 38.1. The Hall–Kier alpha value is -4.68. The van der Waals surface area contributed by atoms with Crippen molar-refractivity contribution in [3.05, 3.63) is 65.9 Å². The first-order valence-corrected chi connectivity index (χ1v) is 14.5. The van der Waals surface area contributed by atoms with Crippen LogP contribution in [0.4, 0.5) is 24.8 Å². The van der Waals surface area contributed by atoms with E-state index in [4.69, 9.17) is 15.5 Å². The molecule has 0 bridgehead atoms. The van der Waals surface area contributed by atoms with E-state index in [1.165, 1.54) is 12.1 Å². The minimum atomic E-state index is -4.58. The van der Waals surface area contributed by atoms with E-state index in [1.54, 1.807) is 25.4 Å². The average molecular weight is 611 g/mol. The van der Waals surface area contributed by atoms with Crippen LogP contribution in [0.1, 0.15) is 73.6 Å². The normalized spacial score (nSPS) is 18.7. The van der Waals surface area contributed by atoms with Crippen LogP contribution in [0.3, 0.4) is 0 Å². The molecule has 10 nitrogen and oxygen atoms in total. The van der Waals surface area contributed by atoms with Crippen molar-refractivity contribution in [2.24, 2.45) is 11.8 Å². The van der Waals surface area contributed by atoms with Gasteiger partial charge in [-0.25, -0.2) is 15.0 Å². The number of benzene rings is 1. The van der Waals surface area contributed by atoms with Gasteiger partial charge in [0.05, 0.1) is 18.1 Å². The third-order valence-corrected chi connectivity index (χ3v) is 8.06. The maximum absolute atomic E-state index is 13.1. The summed E-state index contributed by atoms with van der Waals surface area (Å²) in [5.74, 6) is -0.742. The first kappa shape index (κ1) is 30.8. The summed E-state index contributed by atoms with van der Waals surface area (Å²) in [5, 5.41) is 12.2. The Morgan fingerprint density at radius 1 is 1.14 bits per heavy atom. The Bertz CT molecular complexity index is 1690. The molecule has 4 aromatic rings. The number of nitrogens with two attached hydrogens (primary N) is 1. The van der Waals surface area contributed by atoms with E-state index in [0.29, 0.717) is 41.8 Å². The summed E-state index contributed by atoms with van der Waals surface area (Å²) in [6.07, 6.45) is 3.32. The largest absolute Gasteiger partial charge is 0.493 e. The van der Waals surface area contributed by atoms with Crippen molar-refractivity contribution in [2.45, 2.75) is 58.0 Å². The monoisotopic (exact) mass is 610 g/mol. The van der Waals surface area contributed by atoms with Gasteiger partial charge in [0.1, 0.15) is 34.4 Å². The van der Waals surface area contributed by atoms with E-state index in [2.05, 4.69) is 15.3 Å².